The summed E-state index contributed by atoms with van der Waals surface area (Å²) in [6.45, 7) is 10.5. The van der Waals surface area contributed by atoms with Gasteiger partial charge in [0.15, 0.2) is 5.78 Å². The van der Waals surface area contributed by atoms with Gasteiger partial charge in [0.05, 0.1) is 0 Å². The van der Waals surface area contributed by atoms with Crippen molar-refractivity contribution in [2.75, 3.05) is 0 Å². The third kappa shape index (κ3) is 2.97. The minimum absolute atomic E-state index is 0.0294. The molecule has 2 aliphatic rings. The second-order valence-corrected chi connectivity index (χ2v) is 7.95. The van der Waals surface area contributed by atoms with Crippen molar-refractivity contribution in [3.05, 3.63) is 11.1 Å². The van der Waals surface area contributed by atoms with E-state index in [4.69, 9.17) is 16.4 Å². The van der Waals surface area contributed by atoms with Crippen LogP contribution in [-0.2, 0) is 9.63 Å². The summed E-state index contributed by atoms with van der Waals surface area (Å²) in [5.41, 5.74) is 2.13. The van der Waals surface area contributed by atoms with Crippen LogP contribution in [0.4, 0.5) is 0 Å². The molecular formula is C18H28ClNO2. The summed E-state index contributed by atoms with van der Waals surface area (Å²) < 4.78 is 0. The fourth-order valence-corrected chi connectivity index (χ4v) is 4.08. The number of hydrogen-bond acceptors (Lipinski definition) is 3. The highest BCUT2D eigenvalue weighted by Crippen LogP contribution is 2.60. The summed E-state index contributed by atoms with van der Waals surface area (Å²) in [7, 11) is 0. The van der Waals surface area contributed by atoms with Gasteiger partial charge in [0.1, 0.15) is 11.3 Å². The standard InChI is InChI=1S/C18H28ClNO2/c1-6-16(19)20-22-15-8-10-17(4)9-7-13(12(2)3)14(21)11-18(15,17)5/h15H,6-11H2,1-5H3/b20-16-/t15-,17-,18+/m1/s1. The first-order chi connectivity index (χ1) is 10.2. The van der Waals surface area contributed by atoms with Crippen LogP contribution in [0.25, 0.3) is 0 Å². The minimum Gasteiger partial charge on any atom is -0.391 e. The van der Waals surface area contributed by atoms with Crippen molar-refractivity contribution in [3.63, 3.8) is 0 Å². The van der Waals surface area contributed by atoms with E-state index in [9.17, 15) is 4.79 Å². The van der Waals surface area contributed by atoms with E-state index >= 15 is 0 Å². The molecular weight excluding hydrogens is 298 g/mol. The predicted octanol–water partition coefficient (Wildman–Crippen LogP) is 5.23. The number of rotatable bonds is 3. The molecule has 4 heteroatoms. The summed E-state index contributed by atoms with van der Waals surface area (Å²) in [6.07, 6.45) is 5.15. The fourth-order valence-electron chi connectivity index (χ4n) is 4.04. The van der Waals surface area contributed by atoms with Crippen LogP contribution < -0.4 is 0 Å². The van der Waals surface area contributed by atoms with E-state index in [0.29, 0.717) is 18.0 Å². The molecule has 2 saturated carbocycles. The van der Waals surface area contributed by atoms with E-state index in [1.165, 1.54) is 0 Å². The normalized spacial score (nSPS) is 36.1. The Balaban J connectivity index is 2.30. The summed E-state index contributed by atoms with van der Waals surface area (Å²) in [6, 6.07) is 0. The fraction of sp³-hybridized carbons (Fsp3) is 0.778. The van der Waals surface area contributed by atoms with E-state index in [1.54, 1.807) is 0 Å². The SMILES string of the molecule is CC/C(Cl)=N/O[C@@H]1CC[C@@]2(C)CCC(=C(C)C)C(=O)C[C@@]12C. The van der Waals surface area contributed by atoms with Gasteiger partial charge in [-0.15, -0.1) is 0 Å². The summed E-state index contributed by atoms with van der Waals surface area (Å²) in [4.78, 5) is 18.5. The van der Waals surface area contributed by atoms with E-state index in [0.717, 1.165) is 36.8 Å². The lowest BCUT2D eigenvalue weighted by atomic mass is 9.64. The molecule has 2 aliphatic carbocycles. The number of ketones is 1. The lowest BCUT2D eigenvalue weighted by Crippen LogP contribution is -2.40. The molecule has 0 bridgehead atoms. The van der Waals surface area contributed by atoms with Crippen LogP contribution in [0.2, 0.25) is 0 Å². The topological polar surface area (TPSA) is 38.7 Å². The molecule has 0 heterocycles. The molecule has 3 nitrogen and oxygen atoms in total. The van der Waals surface area contributed by atoms with Crippen LogP contribution in [-0.4, -0.2) is 17.1 Å². The van der Waals surface area contributed by atoms with Gasteiger partial charge in [-0.2, -0.15) is 0 Å². The van der Waals surface area contributed by atoms with Crippen molar-refractivity contribution in [1.29, 1.82) is 0 Å². The molecule has 2 fully saturated rings. The van der Waals surface area contributed by atoms with Crippen LogP contribution in [0.15, 0.2) is 16.3 Å². The van der Waals surface area contributed by atoms with Gasteiger partial charge in [-0.25, -0.2) is 0 Å². The molecule has 22 heavy (non-hydrogen) atoms. The first kappa shape index (κ1) is 17.5. The molecule has 3 atom stereocenters. The largest absolute Gasteiger partial charge is 0.391 e. The third-order valence-electron chi connectivity index (χ3n) is 6.01. The molecule has 0 amide bonds. The highest BCUT2D eigenvalue weighted by Gasteiger charge is 2.58. The van der Waals surface area contributed by atoms with E-state index in [-0.39, 0.29) is 22.7 Å². The van der Waals surface area contributed by atoms with E-state index in [2.05, 4.69) is 19.0 Å². The van der Waals surface area contributed by atoms with Gasteiger partial charge in [-0.05, 0) is 50.5 Å². The van der Waals surface area contributed by atoms with Gasteiger partial charge >= 0.3 is 0 Å². The summed E-state index contributed by atoms with van der Waals surface area (Å²) in [5.74, 6) is 0.285. The van der Waals surface area contributed by atoms with Crippen molar-refractivity contribution in [2.45, 2.75) is 79.2 Å². The molecule has 0 aliphatic heterocycles. The Kier molecular flexibility index (Phi) is 5.06. The number of halogens is 1. The lowest BCUT2D eigenvalue weighted by molar-refractivity contribution is -0.122. The molecule has 2 rings (SSSR count). The smallest absolute Gasteiger partial charge is 0.159 e. The minimum atomic E-state index is -0.171. The molecule has 0 unspecified atom stereocenters. The second kappa shape index (κ2) is 6.35. The van der Waals surface area contributed by atoms with Crippen LogP contribution in [0.1, 0.15) is 73.1 Å². The average Bonchev–Trinajstić information content (AvgIpc) is 2.62. The number of oxime groups is 1. The number of hydrogen-bond donors (Lipinski definition) is 0. The number of nitrogens with zero attached hydrogens (tertiary/aromatic N) is 1. The average molecular weight is 326 g/mol. The van der Waals surface area contributed by atoms with Crippen LogP contribution >= 0.6 is 11.6 Å². The quantitative estimate of drug-likeness (QED) is 0.405. The zero-order chi connectivity index (χ0) is 16.5. The lowest BCUT2D eigenvalue weighted by Gasteiger charge is -2.41. The predicted molar refractivity (Wildman–Crippen MR) is 91.1 cm³/mol. The zero-order valence-corrected chi connectivity index (χ0v) is 15.2. The number of carbonyl (C=O) groups excluding carboxylic acids is 1. The van der Waals surface area contributed by atoms with E-state index in [1.807, 2.05) is 20.8 Å². The number of Topliss-reactive ketones (excluding diaryl/α,β-unsaturated/α-hetero) is 1. The molecule has 0 aromatic carbocycles. The van der Waals surface area contributed by atoms with Crippen molar-refractivity contribution in [2.24, 2.45) is 16.0 Å². The Labute approximate surface area is 139 Å². The number of carbonyl (C=O) groups is 1. The van der Waals surface area contributed by atoms with E-state index < -0.39 is 0 Å². The zero-order valence-electron chi connectivity index (χ0n) is 14.5. The Bertz CT molecular complexity index is 521. The Morgan fingerprint density at radius 1 is 1.36 bits per heavy atom. The third-order valence-corrected chi connectivity index (χ3v) is 6.35. The van der Waals surface area contributed by atoms with Gasteiger partial charge in [0.2, 0.25) is 0 Å². The maximum absolute atomic E-state index is 12.7. The molecule has 0 aromatic heterocycles. The molecule has 0 saturated heterocycles. The second-order valence-electron chi connectivity index (χ2n) is 7.51. The van der Waals surface area contributed by atoms with Crippen LogP contribution in [0, 0.1) is 10.8 Å². The first-order valence-corrected chi connectivity index (χ1v) is 8.69. The van der Waals surface area contributed by atoms with Gasteiger partial charge in [0, 0.05) is 18.3 Å². The van der Waals surface area contributed by atoms with Crippen molar-refractivity contribution in [1.82, 2.24) is 0 Å². The maximum Gasteiger partial charge on any atom is 0.159 e. The van der Waals surface area contributed by atoms with Gasteiger partial charge in [0.25, 0.3) is 0 Å². The van der Waals surface area contributed by atoms with Gasteiger partial charge < -0.3 is 4.84 Å². The highest BCUT2D eigenvalue weighted by molar-refractivity contribution is 6.65. The van der Waals surface area contributed by atoms with Crippen LogP contribution in [0.5, 0.6) is 0 Å². The van der Waals surface area contributed by atoms with Crippen molar-refractivity contribution < 1.29 is 9.63 Å². The highest BCUT2D eigenvalue weighted by atomic mass is 35.5. The maximum atomic E-state index is 12.7. The molecule has 0 radical (unpaired) electrons. The molecule has 0 N–H and O–H groups in total. The molecule has 0 aromatic rings. The number of fused-ring (bicyclic) bond motifs is 1. The number of allylic oxidation sites excluding steroid dienone is 2. The molecule has 124 valence electrons. The Morgan fingerprint density at radius 3 is 2.64 bits per heavy atom. The van der Waals surface area contributed by atoms with Crippen molar-refractivity contribution >= 4 is 22.6 Å². The first-order valence-electron chi connectivity index (χ1n) is 8.31. The molecule has 0 spiro atoms. The van der Waals surface area contributed by atoms with Crippen LogP contribution in [0.3, 0.4) is 0 Å². The summed E-state index contributed by atoms with van der Waals surface area (Å²) in [5, 5.41) is 4.55. The summed E-state index contributed by atoms with van der Waals surface area (Å²) >= 11 is 5.98. The monoisotopic (exact) mass is 325 g/mol. The Morgan fingerprint density at radius 2 is 2.05 bits per heavy atom. The van der Waals surface area contributed by atoms with Gasteiger partial charge in [-0.1, -0.05) is 43.1 Å². The van der Waals surface area contributed by atoms with Crippen molar-refractivity contribution in [3.8, 4) is 0 Å². The Hall–Kier alpha value is -0.830. The van der Waals surface area contributed by atoms with Gasteiger partial charge in [-0.3, -0.25) is 4.79 Å².